The Balaban J connectivity index is 2.63. The van der Waals surface area contributed by atoms with Crippen molar-refractivity contribution in [1.82, 2.24) is 15.1 Å². The van der Waals surface area contributed by atoms with Crippen LogP contribution in [0.25, 0.3) is 0 Å². The van der Waals surface area contributed by atoms with E-state index in [1.807, 2.05) is 45.4 Å². The molecule has 1 aromatic heterocycles. The van der Waals surface area contributed by atoms with Crippen molar-refractivity contribution >= 4 is 11.9 Å². The molecule has 0 radical (unpaired) electrons. The lowest BCUT2D eigenvalue weighted by Crippen LogP contribution is -2.42. The van der Waals surface area contributed by atoms with E-state index in [1.165, 1.54) is 0 Å². The number of aliphatic carboxylic acids is 1. The largest absolute Gasteiger partial charge is 0.481 e. The Morgan fingerprint density at radius 3 is 2.36 bits per heavy atom. The Morgan fingerprint density at radius 2 is 1.95 bits per heavy atom. The Hall–Kier alpha value is -1.85. The molecule has 0 spiro atoms. The van der Waals surface area contributed by atoms with Crippen molar-refractivity contribution < 1.29 is 14.7 Å². The molecule has 0 aliphatic heterocycles. The molecule has 22 heavy (non-hydrogen) atoms. The van der Waals surface area contributed by atoms with Crippen molar-refractivity contribution in [1.29, 1.82) is 0 Å². The van der Waals surface area contributed by atoms with Crippen molar-refractivity contribution in [3.63, 3.8) is 0 Å². The predicted octanol–water partition coefficient (Wildman–Crippen LogP) is 2.46. The molecular formula is C16H27N3O3. The van der Waals surface area contributed by atoms with Gasteiger partial charge >= 0.3 is 5.97 Å². The third-order valence-corrected chi connectivity index (χ3v) is 4.37. The summed E-state index contributed by atoms with van der Waals surface area (Å²) in [5, 5.41) is 16.5. The first-order chi connectivity index (χ1) is 10.3. The summed E-state index contributed by atoms with van der Waals surface area (Å²) >= 11 is 0. The predicted molar refractivity (Wildman–Crippen MR) is 84.7 cm³/mol. The van der Waals surface area contributed by atoms with Gasteiger partial charge in [0.25, 0.3) is 0 Å². The highest BCUT2D eigenvalue weighted by atomic mass is 16.4. The molecule has 1 aromatic rings. The summed E-state index contributed by atoms with van der Waals surface area (Å²) in [6.07, 6.45) is 1.27. The van der Waals surface area contributed by atoms with Gasteiger partial charge in [-0.3, -0.25) is 14.3 Å². The topological polar surface area (TPSA) is 84.2 Å². The first-order valence-electron chi connectivity index (χ1n) is 7.78. The molecule has 2 N–H and O–H groups in total. The number of amides is 1. The summed E-state index contributed by atoms with van der Waals surface area (Å²) in [5.74, 6) is -1.00. The number of hydrogen-bond donors (Lipinski definition) is 2. The molecular weight excluding hydrogens is 282 g/mol. The van der Waals surface area contributed by atoms with E-state index in [4.69, 9.17) is 0 Å². The summed E-state index contributed by atoms with van der Waals surface area (Å²) in [4.78, 5) is 23.5. The smallest absolute Gasteiger partial charge is 0.311 e. The highest BCUT2D eigenvalue weighted by Gasteiger charge is 2.35. The molecule has 1 amide bonds. The van der Waals surface area contributed by atoms with Gasteiger partial charge in [0.2, 0.25) is 5.91 Å². The number of hydrogen-bond acceptors (Lipinski definition) is 3. The quantitative estimate of drug-likeness (QED) is 0.772. The van der Waals surface area contributed by atoms with Gasteiger partial charge in [-0.25, -0.2) is 0 Å². The number of nitrogens with zero attached hydrogens (tertiary/aromatic N) is 2. The summed E-state index contributed by atoms with van der Waals surface area (Å²) in [7, 11) is 0. The molecule has 0 aliphatic rings. The number of carbonyl (C=O) groups excluding carboxylic acids is 1. The number of aryl methyl sites for hydroxylation is 2. The molecule has 0 aromatic carbocycles. The standard InChI is InChI=1S/C16H27N3O3/c1-6-16(7-2,15(21)22)10-17-14(20)9-13(5)19-12(4)8-11(3)18-19/h8,13H,6-7,9-10H2,1-5H3,(H,17,20)(H,21,22). The second-order valence-corrected chi connectivity index (χ2v) is 5.99. The maximum Gasteiger partial charge on any atom is 0.311 e. The van der Waals surface area contributed by atoms with E-state index in [9.17, 15) is 14.7 Å². The molecule has 0 fully saturated rings. The highest BCUT2D eigenvalue weighted by molar-refractivity contribution is 5.79. The van der Waals surface area contributed by atoms with Crippen molar-refractivity contribution in [2.75, 3.05) is 6.54 Å². The fraction of sp³-hybridized carbons (Fsp3) is 0.688. The normalized spacial score (nSPS) is 13.0. The maximum absolute atomic E-state index is 12.1. The minimum atomic E-state index is -0.878. The summed E-state index contributed by atoms with van der Waals surface area (Å²) in [6.45, 7) is 9.64. The van der Waals surface area contributed by atoms with Crippen LogP contribution < -0.4 is 5.32 Å². The lowest BCUT2D eigenvalue weighted by Gasteiger charge is -2.27. The molecule has 1 heterocycles. The van der Waals surface area contributed by atoms with Gasteiger partial charge in [0.05, 0.1) is 17.2 Å². The fourth-order valence-electron chi connectivity index (χ4n) is 2.67. The van der Waals surface area contributed by atoms with Gasteiger partial charge in [0.15, 0.2) is 0 Å². The van der Waals surface area contributed by atoms with Crippen LogP contribution in [0.15, 0.2) is 6.07 Å². The van der Waals surface area contributed by atoms with E-state index in [0.717, 1.165) is 11.4 Å². The van der Waals surface area contributed by atoms with Crippen molar-refractivity contribution in [3.8, 4) is 0 Å². The van der Waals surface area contributed by atoms with Gasteiger partial charge in [-0.2, -0.15) is 5.10 Å². The molecule has 6 heteroatoms. The van der Waals surface area contributed by atoms with E-state index < -0.39 is 11.4 Å². The monoisotopic (exact) mass is 309 g/mol. The van der Waals surface area contributed by atoms with Gasteiger partial charge in [0.1, 0.15) is 0 Å². The molecule has 1 rings (SSSR count). The summed E-state index contributed by atoms with van der Waals surface area (Å²) in [5.41, 5.74) is 1.06. The van der Waals surface area contributed by atoms with Crippen LogP contribution in [-0.2, 0) is 9.59 Å². The Morgan fingerprint density at radius 1 is 1.36 bits per heavy atom. The van der Waals surface area contributed by atoms with Crippen LogP contribution in [0.5, 0.6) is 0 Å². The highest BCUT2D eigenvalue weighted by Crippen LogP contribution is 2.25. The zero-order valence-electron chi connectivity index (χ0n) is 14.1. The summed E-state index contributed by atoms with van der Waals surface area (Å²) < 4.78 is 1.83. The number of carbonyl (C=O) groups is 2. The van der Waals surface area contributed by atoms with E-state index >= 15 is 0 Å². The maximum atomic E-state index is 12.1. The molecule has 6 nitrogen and oxygen atoms in total. The minimum Gasteiger partial charge on any atom is -0.481 e. The average Bonchev–Trinajstić information content (AvgIpc) is 2.79. The summed E-state index contributed by atoms with van der Waals surface area (Å²) in [6, 6.07) is 1.91. The number of nitrogens with one attached hydrogen (secondary N) is 1. The molecule has 0 saturated heterocycles. The van der Waals surface area contributed by atoms with Gasteiger partial charge in [0, 0.05) is 18.7 Å². The molecule has 0 aliphatic carbocycles. The minimum absolute atomic E-state index is 0.0591. The van der Waals surface area contributed by atoms with E-state index in [0.29, 0.717) is 12.8 Å². The van der Waals surface area contributed by atoms with Gasteiger partial charge in [-0.15, -0.1) is 0 Å². The van der Waals surface area contributed by atoms with Crippen LogP contribution in [0.4, 0.5) is 0 Å². The van der Waals surface area contributed by atoms with Crippen molar-refractivity contribution in [2.45, 2.75) is 59.9 Å². The number of rotatable bonds is 8. The average molecular weight is 309 g/mol. The SMILES string of the molecule is CCC(CC)(CNC(=O)CC(C)n1nc(C)cc1C)C(=O)O. The van der Waals surface area contributed by atoms with Crippen LogP contribution in [0.3, 0.4) is 0 Å². The number of carboxylic acid groups (broad SMARTS) is 1. The first-order valence-corrected chi connectivity index (χ1v) is 7.78. The zero-order valence-corrected chi connectivity index (χ0v) is 14.1. The van der Waals surface area contributed by atoms with Crippen LogP contribution in [0.1, 0.15) is 57.5 Å². The third-order valence-electron chi connectivity index (χ3n) is 4.37. The molecule has 0 bridgehead atoms. The van der Waals surface area contributed by atoms with Gasteiger partial charge < -0.3 is 10.4 Å². The fourth-order valence-corrected chi connectivity index (χ4v) is 2.67. The Bertz CT molecular complexity index is 533. The van der Waals surface area contributed by atoms with E-state index in [2.05, 4.69) is 10.4 Å². The molecule has 1 unspecified atom stereocenters. The second-order valence-electron chi connectivity index (χ2n) is 5.99. The van der Waals surface area contributed by atoms with Crippen LogP contribution in [0, 0.1) is 19.3 Å². The van der Waals surface area contributed by atoms with Gasteiger partial charge in [-0.05, 0) is 39.7 Å². The van der Waals surface area contributed by atoms with E-state index in [-0.39, 0.29) is 24.9 Å². The number of carboxylic acids is 1. The molecule has 0 saturated carbocycles. The van der Waals surface area contributed by atoms with Gasteiger partial charge in [-0.1, -0.05) is 13.8 Å². The Kier molecular flexibility index (Phi) is 6.14. The van der Waals surface area contributed by atoms with Crippen molar-refractivity contribution in [2.24, 2.45) is 5.41 Å². The number of aromatic nitrogens is 2. The second kappa shape index (κ2) is 7.42. The van der Waals surface area contributed by atoms with E-state index in [1.54, 1.807) is 0 Å². The van der Waals surface area contributed by atoms with Crippen LogP contribution in [-0.4, -0.2) is 33.3 Å². The zero-order chi connectivity index (χ0) is 16.9. The lowest BCUT2D eigenvalue weighted by atomic mass is 9.82. The van der Waals surface area contributed by atoms with Crippen LogP contribution >= 0.6 is 0 Å². The molecule has 124 valence electrons. The van der Waals surface area contributed by atoms with Crippen molar-refractivity contribution in [3.05, 3.63) is 17.5 Å². The Labute approximate surface area is 131 Å². The first kappa shape index (κ1) is 18.2. The lowest BCUT2D eigenvalue weighted by molar-refractivity contribution is -0.149. The van der Waals surface area contributed by atoms with Crippen LogP contribution in [0.2, 0.25) is 0 Å². The molecule has 1 atom stereocenters. The third kappa shape index (κ3) is 4.08.